The Labute approximate surface area is 273 Å². The molecule has 2 saturated carbocycles. The van der Waals surface area contributed by atoms with Crippen molar-refractivity contribution in [3.8, 4) is 0 Å². The number of fused-ring (bicyclic) bond motifs is 1. The zero-order valence-electron chi connectivity index (χ0n) is 28.4. The van der Waals surface area contributed by atoms with Gasteiger partial charge in [-0.1, -0.05) is 54.4 Å². The molecule has 1 N–H and O–H groups in total. The van der Waals surface area contributed by atoms with Crippen LogP contribution < -0.4 is 5.32 Å². The van der Waals surface area contributed by atoms with Crippen molar-refractivity contribution in [1.82, 2.24) is 20.2 Å². The lowest BCUT2D eigenvalue weighted by molar-refractivity contribution is -0.146. The first-order valence-electron chi connectivity index (χ1n) is 17.2. The number of likely N-dealkylation sites (tertiary alicyclic amines) is 1. The van der Waals surface area contributed by atoms with E-state index in [0.29, 0.717) is 25.3 Å². The van der Waals surface area contributed by atoms with Crippen LogP contribution in [0.15, 0.2) is 18.6 Å². The van der Waals surface area contributed by atoms with Crippen LogP contribution in [0.3, 0.4) is 0 Å². The first-order chi connectivity index (χ1) is 21.7. The molecule has 1 aromatic heterocycles. The maximum atomic E-state index is 14.4. The Kier molecular flexibility index (Phi) is 11.6. The maximum absolute atomic E-state index is 14.4. The molecule has 2 heterocycles. The van der Waals surface area contributed by atoms with Crippen molar-refractivity contribution in [2.75, 3.05) is 6.54 Å². The summed E-state index contributed by atoms with van der Waals surface area (Å²) >= 11 is 0. The maximum Gasteiger partial charge on any atom is 0.246 e. The van der Waals surface area contributed by atoms with Crippen molar-refractivity contribution in [3.05, 3.63) is 24.3 Å². The highest BCUT2D eigenvalue weighted by Gasteiger charge is 2.52. The SMILES string of the molecule is CCCC(CC(=O)C1[C@H]2CCCC2CN1C(=O)C(NC(=O)[C@H](CC(=O)c1cnccn1)C(C)C)C(C)(C)C)C(=O)C(=O)CC1CC1. The average molecular weight is 637 g/mol. The van der Waals surface area contributed by atoms with Crippen LogP contribution in [0.4, 0.5) is 0 Å². The number of nitrogens with one attached hydrogen (secondary N) is 1. The van der Waals surface area contributed by atoms with E-state index in [1.54, 1.807) is 4.90 Å². The van der Waals surface area contributed by atoms with Gasteiger partial charge in [-0.2, -0.15) is 0 Å². The summed E-state index contributed by atoms with van der Waals surface area (Å²) in [4.78, 5) is 90.9. The van der Waals surface area contributed by atoms with E-state index in [2.05, 4.69) is 15.3 Å². The van der Waals surface area contributed by atoms with Gasteiger partial charge in [0.05, 0.1) is 12.2 Å². The molecule has 0 spiro atoms. The highest BCUT2D eigenvalue weighted by Crippen LogP contribution is 2.44. The summed E-state index contributed by atoms with van der Waals surface area (Å²) in [6.45, 7) is 11.7. The number of nitrogens with zero attached hydrogens (tertiary/aromatic N) is 3. The second-order valence-electron chi connectivity index (χ2n) is 15.3. The van der Waals surface area contributed by atoms with Gasteiger partial charge < -0.3 is 10.2 Å². The molecule has 4 unspecified atom stereocenters. The monoisotopic (exact) mass is 636 g/mol. The zero-order chi connectivity index (χ0) is 33.8. The van der Waals surface area contributed by atoms with E-state index >= 15 is 0 Å². The fourth-order valence-corrected chi connectivity index (χ4v) is 7.34. The quantitative estimate of drug-likeness (QED) is 0.202. The minimum absolute atomic E-state index is 0.000305. The van der Waals surface area contributed by atoms with Gasteiger partial charge in [0.25, 0.3) is 0 Å². The van der Waals surface area contributed by atoms with E-state index in [1.165, 1.54) is 18.6 Å². The van der Waals surface area contributed by atoms with Gasteiger partial charge in [0.15, 0.2) is 17.3 Å². The summed E-state index contributed by atoms with van der Waals surface area (Å²) in [7, 11) is 0. The molecule has 3 fully saturated rings. The number of rotatable bonds is 16. The van der Waals surface area contributed by atoms with Crippen LogP contribution in [-0.2, 0) is 24.0 Å². The largest absolute Gasteiger partial charge is 0.344 e. The molecule has 6 atom stereocenters. The van der Waals surface area contributed by atoms with Crippen molar-refractivity contribution in [2.24, 2.45) is 40.9 Å². The molecule has 46 heavy (non-hydrogen) atoms. The van der Waals surface area contributed by atoms with E-state index in [1.807, 2.05) is 41.5 Å². The fraction of sp³-hybridized carbons (Fsp3) is 0.722. The Bertz CT molecular complexity index is 1300. The minimum atomic E-state index is -0.935. The Balaban J connectivity index is 1.53. The minimum Gasteiger partial charge on any atom is -0.344 e. The molecule has 10 nitrogen and oxygen atoms in total. The third-order valence-corrected chi connectivity index (χ3v) is 10.2. The summed E-state index contributed by atoms with van der Waals surface area (Å²) in [6, 6.07) is -1.62. The highest BCUT2D eigenvalue weighted by atomic mass is 16.2. The van der Waals surface area contributed by atoms with Crippen LogP contribution in [0.25, 0.3) is 0 Å². The molecule has 1 aliphatic heterocycles. The smallest absolute Gasteiger partial charge is 0.246 e. The second-order valence-corrected chi connectivity index (χ2v) is 15.3. The first kappa shape index (κ1) is 35.6. The molecule has 4 rings (SSSR count). The van der Waals surface area contributed by atoms with Crippen LogP contribution in [0, 0.1) is 40.9 Å². The number of Topliss-reactive ketones (excluding diaryl/α,β-unsaturated/α-hetero) is 4. The third-order valence-electron chi connectivity index (χ3n) is 10.2. The zero-order valence-corrected chi connectivity index (χ0v) is 28.4. The molecular formula is C36H52N4O6. The Morgan fingerprint density at radius 1 is 1.00 bits per heavy atom. The summed E-state index contributed by atoms with van der Waals surface area (Å²) in [5.74, 6) is -3.09. The van der Waals surface area contributed by atoms with Crippen molar-refractivity contribution in [1.29, 1.82) is 0 Å². The van der Waals surface area contributed by atoms with Gasteiger partial charge in [-0.15, -0.1) is 0 Å². The molecule has 10 heteroatoms. The molecular weight excluding hydrogens is 584 g/mol. The van der Waals surface area contributed by atoms with Crippen molar-refractivity contribution in [3.63, 3.8) is 0 Å². The lowest BCUT2D eigenvalue weighted by Gasteiger charge is -2.37. The third kappa shape index (κ3) is 8.53. The normalized spacial score (nSPS) is 23.0. The molecule has 1 aromatic rings. The van der Waals surface area contributed by atoms with Gasteiger partial charge in [-0.3, -0.25) is 33.8 Å². The van der Waals surface area contributed by atoms with E-state index < -0.39 is 41.0 Å². The van der Waals surface area contributed by atoms with Crippen molar-refractivity contribution in [2.45, 2.75) is 118 Å². The average Bonchev–Trinajstić information content (AvgIpc) is 3.57. The van der Waals surface area contributed by atoms with Gasteiger partial charge >= 0.3 is 0 Å². The number of carbonyl (C=O) groups excluding carboxylic acids is 6. The Morgan fingerprint density at radius 3 is 2.30 bits per heavy atom. The number of amides is 2. The molecule has 3 aliphatic rings. The topological polar surface area (TPSA) is 143 Å². The molecule has 0 bridgehead atoms. The number of carbonyl (C=O) groups is 6. The molecule has 0 aromatic carbocycles. The van der Waals surface area contributed by atoms with Gasteiger partial charge in [0, 0.05) is 50.0 Å². The number of hydrogen-bond donors (Lipinski definition) is 1. The van der Waals surface area contributed by atoms with Crippen LogP contribution in [-0.4, -0.2) is 68.4 Å². The summed E-state index contributed by atoms with van der Waals surface area (Å²) in [5.41, 5.74) is -0.506. The van der Waals surface area contributed by atoms with Crippen LogP contribution in [0.1, 0.15) is 116 Å². The van der Waals surface area contributed by atoms with Gasteiger partial charge in [-0.25, -0.2) is 4.98 Å². The molecule has 1 saturated heterocycles. The number of ketones is 4. The van der Waals surface area contributed by atoms with E-state index in [9.17, 15) is 28.8 Å². The Morgan fingerprint density at radius 2 is 1.72 bits per heavy atom. The van der Waals surface area contributed by atoms with E-state index in [4.69, 9.17) is 0 Å². The van der Waals surface area contributed by atoms with E-state index in [-0.39, 0.29) is 66.0 Å². The van der Waals surface area contributed by atoms with Gasteiger partial charge in [0.1, 0.15) is 11.7 Å². The summed E-state index contributed by atoms with van der Waals surface area (Å²) in [6.07, 6.45) is 10.2. The number of hydrogen-bond acceptors (Lipinski definition) is 8. The van der Waals surface area contributed by atoms with E-state index in [0.717, 1.165) is 32.1 Å². The molecule has 2 aliphatic carbocycles. The first-order valence-corrected chi connectivity index (χ1v) is 17.2. The van der Waals surface area contributed by atoms with Crippen LogP contribution >= 0.6 is 0 Å². The standard InChI is InChI=1S/C36H52N4O6/c1-7-9-23(32(44)30(43)16-22-12-13-22)17-29(42)31-25-11-8-10-24(25)20-40(31)35(46)33(36(4,5)6)39-34(45)26(21(2)3)18-28(41)27-19-37-14-15-38-27/h14-15,19,21-26,31,33H,7-13,16-18,20H2,1-6H3,(H,39,45)/t23?,24?,25-,26+,31?,33?/m0/s1. The van der Waals surface area contributed by atoms with Gasteiger partial charge in [-0.05, 0) is 61.2 Å². The summed E-state index contributed by atoms with van der Waals surface area (Å²) < 4.78 is 0. The molecule has 0 radical (unpaired) electrons. The van der Waals surface area contributed by atoms with Crippen LogP contribution in [0.2, 0.25) is 0 Å². The predicted octanol–water partition coefficient (Wildman–Crippen LogP) is 4.79. The van der Waals surface area contributed by atoms with Crippen LogP contribution in [0.5, 0.6) is 0 Å². The predicted molar refractivity (Wildman–Crippen MR) is 172 cm³/mol. The highest BCUT2D eigenvalue weighted by molar-refractivity contribution is 6.38. The molecule has 252 valence electrons. The fourth-order valence-electron chi connectivity index (χ4n) is 7.34. The lowest BCUT2D eigenvalue weighted by atomic mass is 9.82. The number of aromatic nitrogens is 2. The second kappa shape index (κ2) is 15.1. The molecule has 2 amide bonds. The van der Waals surface area contributed by atoms with Crippen molar-refractivity contribution < 1.29 is 28.8 Å². The van der Waals surface area contributed by atoms with Gasteiger partial charge in [0.2, 0.25) is 17.6 Å². The Hall–Kier alpha value is -3.30. The van der Waals surface area contributed by atoms with Crippen molar-refractivity contribution >= 4 is 34.9 Å². The lowest BCUT2D eigenvalue weighted by Crippen LogP contribution is -2.58. The summed E-state index contributed by atoms with van der Waals surface area (Å²) in [5, 5.41) is 2.99.